The summed E-state index contributed by atoms with van der Waals surface area (Å²) in [5.74, 6) is -1.37. The summed E-state index contributed by atoms with van der Waals surface area (Å²) in [6.45, 7) is -0.215. The lowest BCUT2D eigenvalue weighted by Gasteiger charge is -2.18. The zero-order chi connectivity index (χ0) is 18.2. The number of aliphatic carboxylic acids is 1. The maximum absolute atomic E-state index is 12.5. The SMILES string of the molecule is O=C(O)C[C@H]1C=CC[C@H](CCC(=O)/C(=C\CO)c2cccs2)B(O)O1. The predicted molar refractivity (Wildman–Crippen MR) is 96.2 cm³/mol. The number of carbonyl (C=O) groups excluding carboxylic acids is 1. The molecule has 6 nitrogen and oxygen atoms in total. The number of ketones is 1. The Hall–Kier alpha value is -1.74. The second kappa shape index (κ2) is 9.67. The van der Waals surface area contributed by atoms with Crippen molar-refractivity contribution in [1.82, 2.24) is 0 Å². The van der Waals surface area contributed by atoms with E-state index in [-0.39, 0.29) is 31.0 Å². The highest BCUT2D eigenvalue weighted by atomic mass is 32.1. The number of rotatable bonds is 8. The number of hydrogen-bond donors (Lipinski definition) is 3. The summed E-state index contributed by atoms with van der Waals surface area (Å²) < 4.78 is 5.37. The number of carbonyl (C=O) groups is 2. The van der Waals surface area contributed by atoms with Crippen molar-refractivity contribution in [2.45, 2.75) is 37.6 Å². The second-order valence-electron chi connectivity index (χ2n) is 5.83. The molecule has 25 heavy (non-hydrogen) atoms. The van der Waals surface area contributed by atoms with Crippen LogP contribution in [0, 0.1) is 0 Å². The van der Waals surface area contributed by atoms with Crippen molar-refractivity contribution in [3.05, 3.63) is 40.6 Å². The van der Waals surface area contributed by atoms with Gasteiger partial charge in [0.2, 0.25) is 0 Å². The first-order valence-electron chi connectivity index (χ1n) is 8.11. The Balaban J connectivity index is 1.94. The van der Waals surface area contributed by atoms with E-state index in [4.69, 9.17) is 14.9 Å². The number of allylic oxidation sites excluding steroid dienone is 2. The number of aliphatic hydroxyl groups excluding tert-OH is 1. The van der Waals surface area contributed by atoms with Crippen LogP contribution >= 0.6 is 11.3 Å². The van der Waals surface area contributed by atoms with Crippen molar-refractivity contribution < 1.29 is 29.5 Å². The fourth-order valence-electron chi connectivity index (χ4n) is 2.73. The van der Waals surface area contributed by atoms with Gasteiger partial charge >= 0.3 is 13.1 Å². The third-order valence-corrected chi connectivity index (χ3v) is 4.91. The first-order chi connectivity index (χ1) is 12.0. The van der Waals surface area contributed by atoms with Crippen LogP contribution in [0.5, 0.6) is 0 Å². The van der Waals surface area contributed by atoms with Gasteiger partial charge in [0.05, 0.1) is 19.1 Å². The average Bonchev–Trinajstić information content (AvgIpc) is 3.02. The minimum absolute atomic E-state index is 0.0981. The van der Waals surface area contributed by atoms with Crippen molar-refractivity contribution >= 4 is 35.8 Å². The van der Waals surface area contributed by atoms with Gasteiger partial charge in [0, 0.05) is 16.9 Å². The predicted octanol–water partition coefficient (Wildman–Crippen LogP) is 2.14. The van der Waals surface area contributed by atoms with Crippen molar-refractivity contribution in [3.63, 3.8) is 0 Å². The monoisotopic (exact) mass is 364 g/mol. The Labute approximate surface area is 150 Å². The van der Waals surface area contributed by atoms with Crippen LogP contribution < -0.4 is 0 Å². The normalized spacial score (nSPS) is 21.2. The molecule has 0 fully saturated rings. The quantitative estimate of drug-likeness (QED) is 0.371. The largest absolute Gasteiger partial charge is 0.481 e. The lowest BCUT2D eigenvalue weighted by molar-refractivity contribution is -0.138. The van der Waals surface area contributed by atoms with E-state index in [0.29, 0.717) is 18.4 Å². The van der Waals surface area contributed by atoms with E-state index in [0.717, 1.165) is 4.88 Å². The molecule has 0 aliphatic carbocycles. The molecule has 0 radical (unpaired) electrons. The van der Waals surface area contributed by atoms with E-state index in [2.05, 4.69) is 0 Å². The lowest BCUT2D eigenvalue weighted by Crippen LogP contribution is -2.29. The first kappa shape index (κ1) is 19.6. The Kier molecular flexibility index (Phi) is 7.58. The topological polar surface area (TPSA) is 104 Å². The molecule has 2 heterocycles. The van der Waals surface area contributed by atoms with Gasteiger partial charge in [0.15, 0.2) is 5.78 Å². The third kappa shape index (κ3) is 5.93. The number of hydrogen-bond acceptors (Lipinski definition) is 6. The number of carboxylic acid groups (broad SMARTS) is 1. The second-order valence-corrected chi connectivity index (χ2v) is 6.77. The molecule has 0 saturated carbocycles. The van der Waals surface area contributed by atoms with Crippen LogP contribution in [-0.4, -0.2) is 46.8 Å². The van der Waals surface area contributed by atoms with Crippen LogP contribution in [0.4, 0.5) is 0 Å². The van der Waals surface area contributed by atoms with Crippen LogP contribution in [0.1, 0.15) is 30.6 Å². The van der Waals surface area contributed by atoms with Gasteiger partial charge in [-0.3, -0.25) is 9.59 Å². The molecule has 8 heteroatoms. The average molecular weight is 364 g/mol. The molecule has 134 valence electrons. The van der Waals surface area contributed by atoms with Crippen LogP contribution in [0.25, 0.3) is 5.57 Å². The van der Waals surface area contributed by atoms with Gasteiger partial charge in [0.1, 0.15) is 0 Å². The minimum atomic E-state index is -1.11. The standard InChI is InChI=1S/C17H21BO6S/c19-9-8-14(16-5-2-10-25-16)15(20)7-6-12-3-1-4-13(11-17(21)22)24-18(12)23/h1-2,4-5,8,10,12-13,19,23H,3,6-7,9,11H2,(H,21,22)/b14-8+/t12-,13-/m1/s1. The Morgan fingerprint density at radius 3 is 2.88 bits per heavy atom. The number of thiophene rings is 1. The maximum Gasteiger partial charge on any atom is 0.458 e. The molecule has 2 rings (SSSR count). The minimum Gasteiger partial charge on any atom is -0.481 e. The molecule has 1 aliphatic rings. The zero-order valence-corrected chi connectivity index (χ0v) is 14.5. The molecule has 0 spiro atoms. The fourth-order valence-corrected chi connectivity index (χ4v) is 3.52. The highest BCUT2D eigenvalue weighted by Gasteiger charge is 2.31. The Morgan fingerprint density at radius 2 is 2.24 bits per heavy atom. The molecular weight excluding hydrogens is 343 g/mol. The van der Waals surface area contributed by atoms with E-state index in [9.17, 15) is 14.6 Å². The third-order valence-electron chi connectivity index (χ3n) is 4.01. The van der Waals surface area contributed by atoms with E-state index < -0.39 is 19.2 Å². The summed E-state index contributed by atoms with van der Waals surface area (Å²) in [6, 6.07) is 3.67. The van der Waals surface area contributed by atoms with Crippen molar-refractivity contribution in [2.75, 3.05) is 6.61 Å². The van der Waals surface area contributed by atoms with Gasteiger partial charge in [-0.2, -0.15) is 0 Å². The van der Waals surface area contributed by atoms with Crippen LogP contribution in [0.3, 0.4) is 0 Å². The van der Waals surface area contributed by atoms with Gasteiger partial charge < -0.3 is 19.9 Å². The summed E-state index contributed by atoms with van der Waals surface area (Å²) in [5, 5.41) is 30.0. The van der Waals surface area contributed by atoms with E-state index in [1.807, 2.05) is 17.5 Å². The molecule has 3 N–H and O–H groups in total. The molecule has 0 bridgehead atoms. The van der Waals surface area contributed by atoms with Gasteiger partial charge in [0.25, 0.3) is 0 Å². The summed E-state index contributed by atoms with van der Waals surface area (Å²) in [6.07, 6.45) is 5.21. The first-order valence-corrected chi connectivity index (χ1v) is 8.99. The van der Waals surface area contributed by atoms with Crippen molar-refractivity contribution in [1.29, 1.82) is 0 Å². The smallest absolute Gasteiger partial charge is 0.458 e. The Bertz CT molecular complexity index is 640. The molecule has 1 aromatic heterocycles. The lowest BCUT2D eigenvalue weighted by atomic mass is 9.68. The van der Waals surface area contributed by atoms with Crippen molar-refractivity contribution in [3.8, 4) is 0 Å². The van der Waals surface area contributed by atoms with E-state index >= 15 is 0 Å². The molecule has 1 aliphatic heterocycles. The summed E-state index contributed by atoms with van der Waals surface area (Å²) in [5.41, 5.74) is 0.487. The van der Waals surface area contributed by atoms with Crippen molar-refractivity contribution in [2.24, 2.45) is 0 Å². The zero-order valence-electron chi connectivity index (χ0n) is 13.7. The molecule has 0 amide bonds. The van der Waals surface area contributed by atoms with Gasteiger partial charge in [-0.1, -0.05) is 18.2 Å². The number of Topliss-reactive ketones (excluding diaryl/α,β-unsaturated/α-hetero) is 1. The molecule has 0 aromatic carbocycles. The molecular formula is C17H21BO6S. The van der Waals surface area contributed by atoms with Gasteiger partial charge in [-0.05, 0) is 36.2 Å². The molecule has 1 aromatic rings. The van der Waals surface area contributed by atoms with Gasteiger partial charge in [-0.25, -0.2) is 0 Å². The summed E-state index contributed by atoms with van der Waals surface area (Å²) >= 11 is 1.43. The number of aliphatic hydroxyl groups is 1. The molecule has 0 saturated heterocycles. The van der Waals surface area contributed by atoms with Crippen LogP contribution in [0.2, 0.25) is 5.82 Å². The molecule has 0 unspecified atom stereocenters. The van der Waals surface area contributed by atoms with Gasteiger partial charge in [-0.15, -0.1) is 11.3 Å². The Morgan fingerprint density at radius 1 is 1.44 bits per heavy atom. The van der Waals surface area contributed by atoms with Crippen LogP contribution in [0.15, 0.2) is 35.7 Å². The summed E-state index contributed by atoms with van der Waals surface area (Å²) in [7, 11) is -1.11. The molecule has 2 atom stereocenters. The van der Waals surface area contributed by atoms with E-state index in [1.165, 1.54) is 17.4 Å². The highest BCUT2D eigenvalue weighted by molar-refractivity contribution is 7.11. The van der Waals surface area contributed by atoms with E-state index in [1.54, 1.807) is 12.2 Å². The number of carboxylic acids is 1. The summed E-state index contributed by atoms with van der Waals surface area (Å²) in [4.78, 5) is 24.1. The highest BCUT2D eigenvalue weighted by Crippen LogP contribution is 2.29. The van der Waals surface area contributed by atoms with Crippen LogP contribution in [-0.2, 0) is 14.2 Å². The maximum atomic E-state index is 12.5. The fraction of sp³-hybridized carbons (Fsp3) is 0.412.